The standard InChI is InChI=1S/C24H27BrN2O2/c1-14(2)27-8-7-18-20(11-17(25)12-22(18)27)24(29)26-13-21-19(16-5-4-6-16)9-15(3)10-23(21)28/h7-9,11-12,14,16H,4-6,10,13H2,1-3H3,(H,26,29). The number of carbonyl (C=O) groups is 2. The van der Waals surface area contributed by atoms with Crippen LogP contribution >= 0.6 is 15.9 Å². The molecular formula is C24H27BrN2O2. The highest BCUT2D eigenvalue weighted by Gasteiger charge is 2.29. The predicted molar refractivity (Wildman–Crippen MR) is 120 cm³/mol. The lowest BCUT2D eigenvalue weighted by molar-refractivity contribution is -0.115. The summed E-state index contributed by atoms with van der Waals surface area (Å²) in [6.45, 7) is 6.56. The molecule has 0 saturated heterocycles. The minimum atomic E-state index is -0.141. The lowest BCUT2D eigenvalue weighted by Gasteiger charge is -2.31. The SMILES string of the molecule is CC1=CC(C2CCC2)=C(CNC(=O)c2cc(Br)cc3c2ccn3C(C)C)C(=O)C1. The average molecular weight is 455 g/mol. The average Bonchev–Trinajstić information content (AvgIpc) is 3.02. The Labute approximate surface area is 180 Å². The Hall–Kier alpha value is -2.14. The lowest BCUT2D eigenvalue weighted by Crippen LogP contribution is -2.31. The van der Waals surface area contributed by atoms with Crippen molar-refractivity contribution >= 4 is 38.5 Å². The number of allylic oxidation sites excluding steroid dienone is 3. The van der Waals surface area contributed by atoms with E-state index < -0.39 is 0 Å². The summed E-state index contributed by atoms with van der Waals surface area (Å²) in [5.41, 5.74) is 4.72. The Morgan fingerprint density at radius 2 is 2.07 bits per heavy atom. The third-order valence-corrected chi connectivity index (χ3v) is 6.56. The Morgan fingerprint density at radius 1 is 1.31 bits per heavy atom. The second kappa shape index (κ2) is 7.94. The van der Waals surface area contributed by atoms with Crippen LogP contribution in [0.1, 0.15) is 62.9 Å². The van der Waals surface area contributed by atoms with Gasteiger partial charge in [0, 0.05) is 46.2 Å². The zero-order valence-corrected chi connectivity index (χ0v) is 18.8. The van der Waals surface area contributed by atoms with Gasteiger partial charge in [0.05, 0.1) is 5.52 Å². The summed E-state index contributed by atoms with van der Waals surface area (Å²) in [4.78, 5) is 25.8. The molecule has 0 unspecified atom stereocenters. The first-order valence-electron chi connectivity index (χ1n) is 10.4. The highest BCUT2D eigenvalue weighted by atomic mass is 79.9. The first-order valence-corrected chi connectivity index (χ1v) is 11.2. The molecule has 152 valence electrons. The van der Waals surface area contributed by atoms with Crippen molar-refractivity contribution in [2.24, 2.45) is 5.92 Å². The molecule has 2 aromatic rings. The molecule has 0 spiro atoms. The van der Waals surface area contributed by atoms with Crippen LogP contribution in [0.4, 0.5) is 0 Å². The number of Topliss-reactive ketones (excluding diaryl/α,β-unsaturated/α-hetero) is 1. The van der Waals surface area contributed by atoms with E-state index in [4.69, 9.17) is 0 Å². The first kappa shape index (κ1) is 20.1. The molecule has 29 heavy (non-hydrogen) atoms. The maximum absolute atomic E-state index is 13.1. The fraction of sp³-hybridized carbons (Fsp3) is 0.417. The van der Waals surface area contributed by atoms with Crippen LogP contribution in [0.3, 0.4) is 0 Å². The number of halogens is 1. The Morgan fingerprint density at radius 3 is 2.72 bits per heavy atom. The summed E-state index contributed by atoms with van der Waals surface area (Å²) in [6.07, 6.45) is 8.15. The number of hydrogen-bond acceptors (Lipinski definition) is 2. The number of nitrogens with one attached hydrogen (secondary N) is 1. The third-order valence-electron chi connectivity index (χ3n) is 6.10. The van der Waals surface area contributed by atoms with Crippen molar-refractivity contribution in [3.05, 3.63) is 57.2 Å². The van der Waals surface area contributed by atoms with Gasteiger partial charge < -0.3 is 9.88 Å². The molecule has 4 nitrogen and oxygen atoms in total. The molecule has 0 aliphatic heterocycles. The van der Waals surface area contributed by atoms with Gasteiger partial charge in [0.2, 0.25) is 0 Å². The monoisotopic (exact) mass is 454 g/mol. The number of carbonyl (C=O) groups excluding carboxylic acids is 2. The maximum Gasteiger partial charge on any atom is 0.252 e. The fourth-order valence-electron chi connectivity index (χ4n) is 4.34. The van der Waals surface area contributed by atoms with Gasteiger partial charge in [-0.25, -0.2) is 0 Å². The van der Waals surface area contributed by atoms with E-state index in [0.717, 1.165) is 44.9 Å². The second-order valence-electron chi connectivity index (χ2n) is 8.54. The Kier molecular flexibility index (Phi) is 5.52. The largest absolute Gasteiger partial charge is 0.348 e. The number of amides is 1. The minimum absolute atomic E-state index is 0.141. The summed E-state index contributed by atoms with van der Waals surface area (Å²) < 4.78 is 3.03. The van der Waals surface area contributed by atoms with Crippen LogP contribution in [-0.2, 0) is 4.79 Å². The van der Waals surface area contributed by atoms with E-state index in [1.165, 1.54) is 6.42 Å². The smallest absolute Gasteiger partial charge is 0.252 e. The summed E-state index contributed by atoms with van der Waals surface area (Å²) >= 11 is 3.54. The summed E-state index contributed by atoms with van der Waals surface area (Å²) in [5.74, 6) is 0.480. The minimum Gasteiger partial charge on any atom is -0.348 e. The molecule has 1 N–H and O–H groups in total. The van der Waals surface area contributed by atoms with Gasteiger partial charge in [-0.05, 0) is 63.3 Å². The number of nitrogens with zero attached hydrogens (tertiary/aromatic N) is 1. The molecule has 4 rings (SSSR count). The zero-order valence-electron chi connectivity index (χ0n) is 17.2. The van der Waals surface area contributed by atoms with Crippen molar-refractivity contribution in [2.45, 2.75) is 52.5 Å². The molecule has 1 aromatic heterocycles. The Bertz CT molecular complexity index is 1050. The molecule has 1 aromatic carbocycles. The van der Waals surface area contributed by atoms with Crippen LogP contribution < -0.4 is 5.32 Å². The second-order valence-corrected chi connectivity index (χ2v) is 9.45. The number of benzene rings is 1. The molecular weight excluding hydrogens is 428 g/mol. The van der Waals surface area contributed by atoms with E-state index in [0.29, 0.717) is 30.5 Å². The van der Waals surface area contributed by atoms with Crippen LogP contribution in [0.5, 0.6) is 0 Å². The van der Waals surface area contributed by atoms with Crippen molar-refractivity contribution < 1.29 is 9.59 Å². The molecule has 2 aliphatic carbocycles. The Balaban J connectivity index is 1.62. The molecule has 0 atom stereocenters. The predicted octanol–water partition coefficient (Wildman–Crippen LogP) is 5.73. The van der Waals surface area contributed by atoms with Gasteiger partial charge in [-0.3, -0.25) is 9.59 Å². The van der Waals surface area contributed by atoms with Crippen LogP contribution in [-0.4, -0.2) is 22.8 Å². The van der Waals surface area contributed by atoms with Crippen molar-refractivity contribution in [3.8, 4) is 0 Å². The molecule has 0 radical (unpaired) electrons. The van der Waals surface area contributed by atoms with Gasteiger partial charge in [-0.2, -0.15) is 0 Å². The van der Waals surface area contributed by atoms with Gasteiger partial charge in [-0.15, -0.1) is 0 Å². The van der Waals surface area contributed by atoms with Gasteiger partial charge in [-0.1, -0.05) is 34.0 Å². The number of aromatic nitrogens is 1. The number of ketones is 1. The molecule has 2 aliphatic rings. The van der Waals surface area contributed by atoms with E-state index in [1.54, 1.807) is 0 Å². The van der Waals surface area contributed by atoms with Crippen LogP contribution in [0.15, 0.2) is 51.7 Å². The van der Waals surface area contributed by atoms with E-state index in [2.05, 4.69) is 45.7 Å². The number of hydrogen-bond donors (Lipinski definition) is 1. The fourth-order valence-corrected chi connectivity index (χ4v) is 4.78. The topological polar surface area (TPSA) is 51.1 Å². The number of fused-ring (bicyclic) bond motifs is 1. The van der Waals surface area contributed by atoms with Crippen LogP contribution in [0, 0.1) is 5.92 Å². The van der Waals surface area contributed by atoms with Crippen LogP contribution in [0.25, 0.3) is 10.9 Å². The highest BCUT2D eigenvalue weighted by Crippen LogP contribution is 2.38. The van der Waals surface area contributed by atoms with Gasteiger partial charge >= 0.3 is 0 Å². The van der Waals surface area contributed by atoms with E-state index in [-0.39, 0.29) is 11.7 Å². The molecule has 1 amide bonds. The molecule has 1 saturated carbocycles. The van der Waals surface area contributed by atoms with E-state index >= 15 is 0 Å². The summed E-state index contributed by atoms with van der Waals surface area (Å²) in [7, 11) is 0. The summed E-state index contributed by atoms with van der Waals surface area (Å²) in [5, 5.41) is 3.96. The van der Waals surface area contributed by atoms with Crippen molar-refractivity contribution in [1.29, 1.82) is 0 Å². The van der Waals surface area contributed by atoms with E-state index in [9.17, 15) is 9.59 Å². The third kappa shape index (κ3) is 3.85. The van der Waals surface area contributed by atoms with Gasteiger partial charge in [0.25, 0.3) is 5.91 Å². The zero-order chi connectivity index (χ0) is 20.7. The highest BCUT2D eigenvalue weighted by molar-refractivity contribution is 9.10. The van der Waals surface area contributed by atoms with Gasteiger partial charge in [0.1, 0.15) is 0 Å². The number of rotatable bonds is 5. The summed E-state index contributed by atoms with van der Waals surface area (Å²) in [6, 6.07) is 6.20. The normalized spacial score (nSPS) is 17.7. The molecule has 5 heteroatoms. The molecule has 0 bridgehead atoms. The van der Waals surface area contributed by atoms with Crippen molar-refractivity contribution in [3.63, 3.8) is 0 Å². The van der Waals surface area contributed by atoms with Gasteiger partial charge in [0.15, 0.2) is 5.78 Å². The lowest BCUT2D eigenvalue weighted by atomic mass is 9.74. The first-order chi connectivity index (χ1) is 13.8. The molecule has 1 fully saturated rings. The van der Waals surface area contributed by atoms with Crippen molar-refractivity contribution in [1.82, 2.24) is 9.88 Å². The van der Waals surface area contributed by atoms with Crippen LogP contribution in [0.2, 0.25) is 0 Å². The van der Waals surface area contributed by atoms with E-state index in [1.807, 2.05) is 31.3 Å². The quantitative estimate of drug-likeness (QED) is 0.626. The maximum atomic E-state index is 13.1. The molecule has 1 heterocycles. The van der Waals surface area contributed by atoms with Crippen molar-refractivity contribution in [2.75, 3.05) is 6.54 Å².